The first-order valence-electron chi connectivity index (χ1n) is 5.40. The summed E-state index contributed by atoms with van der Waals surface area (Å²) in [5, 5.41) is 0.527. The van der Waals surface area contributed by atoms with Gasteiger partial charge in [-0.1, -0.05) is 29.8 Å². The highest BCUT2D eigenvalue weighted by Gasteiger charge is 2.08. The summed E-state index contributed by atoms with van der Waals surface area (Å²) in [4.78, 5) is 0. The first kappa shape index (κ1) is 13.1. The van der Waals surface area contributed by atoms with Crippen LogP contribution in [0.25, 0.3) is 0 Å². The fourth-order valence-electron chi connectivity index (χ4n) is 1.53. The number of halogens is 2. The average Bonchev–Trinajstić information content (AvgIpc) is 2.41. The standard InChI is InChI=1S/C14H12Cl2O2/c1-17-13-4-2-3-5-14(13)18-12-7-6-10(9-15)8-11(12)16/h2-8H,9H2,1H3. The first-order chi connectivity index (χ1) is 8.74. The summed E-state index contributed by atoms with van der Waals surface area (Å²) in [6, 6.07) is 12.9. The molecule has 18 heavy (non-hydrogen) atoms. The Morgan fingerprint density at radius 2 is 1.72 bits per heavy atom. The van der Waals surface area contributed by atoms with Crippen LogP contribution in [0.4, 0.5) is 0 Å². The molecule has 0 amide bonds. The summed E-state index contributed by atoms with van der Waals surface area (Å²) in [5.41, 5.74) is 0.953. The van der Waals surface area contributed by atoms with Crippen LogP contribution in [0.3, 0.4) is 0 Å². The summed E-state index contributed by atoms with van der Waals surface area (Å²) in [6.45, 7) is 0. The molecule has 0 saturated heterocycles. The molecule has 0 aromatic heterocycles. The number of rotatable bonds is 4. The van der Waals surface area contributed by atoms with E-state index in [0.717, 1.165) is 5.56 Å². The Morgan fingerprint density at radius 1 is 1.00 bits per heavy atom. The number of alkyl halides is 1. The van der Waals surface area contributed by atoms with Gasteiger partial charge in [-0.3, -0.25) is 0 Å². The number of para-hydroxylation sites is 2. The number of benzene rings is 2. The molecule has 0 fully saturated rings. The van der Waals surface area contributed by atoms with Crippen molar-refractivity contribution in [1.29, 1.82) is 0 Å². The second kappa shape index (κ2) is 5.98. The monoisotopic (exact) mass is 282 g/mol. The van der Waals surface area contributed by atoms with Gasteiger partial charge in [-0.15, -0.1) is 11.6 Å². The Bertz CT molecular complexity index is 541. The number of methoxy groups -OCH3 is 1. The van der Waals surface area contributed by atoms with Crippen molar-refractivity contribution in [2.75, 3.05) is 7.11 Å². The minimum atomic E-state index is 0.425. The van der Waals surface area contributed by atoms with E-state index in [0.29, 0.717) is 28.2 Å². The third kappa shape index (κ3) is 2.89. The molecule has 0 unspecified atom stereocenters. The van der Waals surface area contributed by atoms with Gasteiger partial charge in [0, 0.05) is 5.88 Å². The number of hydrogen-bond donors (Lipinski definition) is 0. The van der Waals surface area contributed by atoms with Gasteiger partial charge in [-0.05, 0) is 29.8 Å². The molecule has 0 saturated carbocycles. The molecule has 0 atom stereocenters. The van der Waals surface area contributed by atoms with Crippen LogP contribution in [0.2, 0.25) is 5.02 Å². The first-order valence-corrected chi connectivity index (χ1v) is 6.31. The van der Waals surface area contributed by atoms with Crippen molar-refractivity contribution in [2.24, 2.45) is 0 Å². The van der Waals surface area contributed by atoms with Crippen molar-refractivity contribution in [2.45, 2.75) is 5.88 Å². The Hall–Kier alpha value is -1.38. The molecule has 0 radical (unpaired) electrons. The van der Waals surface area contributed by atoms with E-state index in [4.69, 9.17) is 32.7 Å². The Labute approximate surface area is 116 Å². The molecular weight excluding hydrogens is 271 g/mol. The van der Waals surface area contributed by atoms with Crippen LogP contribution in [0, 0.1) is 0 Å². The van der Waals surface area contributed by atoms with Gasteiger partial charge < -0.3 is 9.47 Å². The molecule has 2 aromatic carbocycles. The highest BCUT2D eigenvalue weighted by atomic mass is 35.5. The van der Waals surface area contributed by atoms with Crippen molar-refractivity contribution in [3.8, 4) is 17.2 Å². The molecule has 94 valence electrons. The second-order valence-electron chi connectivity index (χ2n) is 3.65. The summed E-state index contributed by atoms with van der Waals surface area (Å²) < 4.78 is 10.9. The minimum Gasteiger partial charge on any atom is -0.493 e. The molecule has 0 spiro atoms. The molecule has 0 aliphatic rings. The molecular formula is C14H12Cl2O2. The van der Waals surface area contributed by atoms with Gasteiger partial charge in [0.2, 0.25) is 0 Å². The Balaban J connectivity index is 2.28. The molecule has 0 heterocycles. The third-order valence-electron chi connectivity index (χ3n) is 2.44. The predicted octanol–water partition coefficient (Wildman–Crippen LogP) is 4.88. The smallest absolute Gasteiger partial charge is 0.169 e. The van der Waals surface area contributed by atoms with Gasteiger partial charge in [0.15, 0.2) is 11.5 Å². The lowest BCUT2D eigenvalue weighted by molar-refractivity contribution is 0.379. The molecule has 2 aromatic rings. The van der Waals surface area contributed by atoms with Crippen LogP contribution in [0.5, 0.6) is 17.2 Å². The molecule has 0 aliphatic carbocycles. The van der Waals surface area contributed by atoms with E-state index < -0.39 is 0 Å². The third-order valence-corrected chi connectivity index (χ3v) is 3.04. The van der Waals surface area contributed by atoms with Gasteiger partial charge in [0.1, 0.15) is 5.75 Å². The fourth-order valence-corrected chi connectivity index (χ4v) is 1.94. The van der Waals surface area contributed by atoms with E-state index in [1.54, 1.807) is 19.2 Å². The number of hydrogen-bond acceptors (Lipinski definition) is 2. The zero-order valence-electron chi connectivity index (χ0n) is 9.82. The maximum Gasteiger partial charge on any atom is 0.169 e. The van der Waals surface area contributed by atoms with Crippen LogP contribution in [0.15, 0.2) is 42.5 Å². The zero-order valence-corrected chi connectivity index (χ0v) is 11.3. The zero-order chi connectivity index (χ0) is 13.0. The van der Waals surface area contributed by atoms with E-state index in [2.05, 4.69) is 0 Å². The van der Waals surface area contributed by atoms with E-state index in [1.165, 1.54) is 0 Å². The quantitative estimate of drug-likeness (QED) is 0.744. The van der Waals surface area contributed by atoms with Crippen LogP contribution in [0.1, 0.15) is 5.56 Å². The van der Waals surface area contributed by atoms with Crippen molar-refractivity contribution >= 4 is 23.2 Å². The fraction of sp³-hybridized carbons (Fsp3) is 0.143. The topological polar surface area (TPSA) is 18.5 Å². The Kier molecular flexibility index (Phi) is 4.34. The maximum atomic E-state index is 6.13. The maximum absolute atomic E-state index is 6.13. The SMILES string of the molecule is COc1ccccc1Oc1ccc(CCl)cc1Cl. The van der Waals surface area contributed by atoms with Crippen molar-refractivity contribution in [3.63, 3.8) is 0 Å². The summed E-state index contributed by atoms with van der Waals surface area (Å²) in [5.74, 6) is 2.29. The lowest BCUT2D eigenvalue weighted by atomic mass is 10.2. The summed E-state index contributed by atoms with van der Waals surface area (Å²) in [7, 11) is 1.60. The molecule has 4 heteroatoms. The van der Waals surface area contributed by atoms with E-state index in [-0.39, 0.29) is 0 Å². The molecule has 0 N–H and O–H groups in total. The van der Waals surface area contributed by atoms with Crippen LogP contribution in [-0.4, -0.2) is 7.11 Å². The minimum absolute atomic E-state index is 0.425. The highest BCUT2D eigenvalue weighted by molar-refractivity contribution is 6.32. The largest absolute Gasteiger partial charge is 0.493 e. The highest BCUT2D eigenvalue weighted by Crippen LogP contribution is 2.35. The van der Waals surface area contributed by atoms with E-state index >= 15 is 0 Å². The molecule has 2 rings (SSSR count). The van der Waals surface area contributed by atoms with Crippen LogP contribution >= 0.6 is 23.2 Å². The van der Waals surface area contributed by atoms with Crippen molar-refractivity contribution < 1.29 is 9.47 Å². The van der Waals surface area contributed by atoms with E-state index in [1.807, 2.05) is 30.3 Å². The molecule has 0 aliphatic heterocycles. The predicted molar refractivity (Wildman–Crippen MR) is 74.1 cm³/mol. The Morgan fingerprint density at radius 3 is 2.33 bits per heavy atom. The average molecular weight is 283 g/mol. The van der Waals surface area contributed by atoms with Crippen molar-refractivity contribution in [1.82, 2.24) is 0 Å². The molecule has 2 nitrogen and oxygen atoms in total. The van der Waals surface area contributed by atoms with Crippen molar-refractivity contribution in [3.05, 3.63) is 53.1 Å². The van der Waals surface area contributed by atoms with Crippen LogP contribution < -0.4 is 9.47 Å². The lowest BCUT2D eigenvalue weighted by Crippen LogP contribution is -1.91. The normalized spacial score (nSPS) is 10.2. The summed E-state index contributed by atoms with van der Waals surface area (Å²) in [6.07, 6.45) is 0. The number of ether oxygens (including phenoxy) is 2. The molecule has 0 bridgehead atoms. The van der Waals surface area contributed by atoms with Crippen LogP contribution in [-0.2, 0) is 5.88 Å². The van der Waals surface area contributed by atoms with E-state index in [9.17, 15) is 0 Å². The second-order valence-corrected chi connectivity index (χ2v) is 4.33. The van der Waals surface area contributed by atoms with Gasteiger partial charge in [0.05, 0.1) is 12.1 Å². The van der Waals surface area contributed by atoms with Gasteiger partial charge >= 0.3 is 0 Å². The summed E-state index contributed by atoms with van der Waals surface area (Å²) >= 11 is 11.9. The lowest BCUT2D eigenvalue weighted by Gasteiger charge is -2.11. The van der Waals surface area contributed by atoms with Gasteiger partial charge in [0.25, 0.3) is 0 Å². The van der Waals surface area contributed by atoms with Gasteiger partial charge in [-0.2, -0.15) is 0 Å². The van der Waals surface area contributed by atoms with Gasteiger partial charge in [-0.25, -0.2) is 0 Å².